The van der Waals surface area contributed by atoms with Crippen molar-refractivity contribution in [1.82, 2.24) is 9.97 Å². The molecule has 0 amide bonds. The second-order valence-corrected chi connectivity index (χ2v) is 4.23. The van der Waals surface area contributed by atoms with E-state index in [9.17, 15) is 0 Å². The van der Waals surface area contributed by atoms with Crippen molar-refractivity contribution in [2.24, 2.45) is 0 Å². The molecular formula is C14H15N5O. The molecule has 0 aliphatic carbocycles. The van der Waals surface area contributed by atoms with E-state index in [1.807, 2.05) is 31.3 Å². The first-order chi connectivity index (χ1) is 9.63. The van der Waals surface area contributed by atoms with Gasteiger partial charge in [0.1, 0.15) is 23.7 Å². The van der Waals surface area contributed by atoms with Gasteiger partial charge in [-0.05, 0) is 30.7 Å². The molecule has 0 saturated carbocycles. The summed E-state index contributed by atoms with van der Waals surface area (Å²) in [5.41, 5.74) is 1.92. The summed E-state index contributed by atoms with van der Waals surface area (Å²) in [7, 11) is 3.29. The monoisotopic (exact) mass is 269 g/mol. The van der Waals surface area contributed by atoms with Crippen LogP contribution in [0.15, 0.2) is 30.6 Å². The van der Waals surface area contributed by atoms with E-state index in [0.29, 0.717) is 11.6 Å². The lowest BCUT2D eigenvalue weighted by atomic mass is 10.2. The van der Waals surface area contributed by atoms with Gasteiger partial charge in [0, 0.05) is 18.8 Å². The lowest BCUT2D eigenvalue weighted by Gasteiger charge is -2.11. The van der Waals surface area contributed by atoms with E-state index in [0.717, 1.165) is 17.0 Å². The van der Waals surface area contributed by atoms with Crippen LogP contribution in [0.3, 0.4) is 0 Å². The van der Waals surface area contributed by atoms with Crippen LogP contribution in [0.4, 0.5) is 17.3 Å². The van der Waals surface area contributed by atoms with Crippen molar-refractivity contribution in [2.75, 3.05) is 24.4 Å². The summed E-state index contributed by atoms with van der Waals surface area (Å²) in [4.78, 5) is 9.53. The number of hydrogen-bond acceptors (Lipinski definition) is 6. The van der Waals surface area contributed by atoms with Crippen molar-refractivity contribution in [2.45, 2.75) is 6.92 Å². The summed E-state index contributed by atoms with van der Waals surface area (Å²) < 4.78 is 5.22. The highest BCUT2D eigenvalue weighted by molar-refractivity contribution is 5.61. The molecule has 0 bridgehead atoms. The molecule has 0 atom stereocenters. The molecule has 102 valence electrons. The topological polar surface area (TPSA) is 74.1 Å². The summed E-state index contributed by atoms with van der Waals surface area (Å²) in [6, 6.07) is 7.47. The Morgan fingerprint density at radius 3 is 2.75 bits per heavy atom. The first-order valence-corrected chi connectivity index (χ1v) is 6.01. The lowest BCUT2D eigenvalue weighted by Crippen LogP contribution is -2.10. The maximum absolute atomic E-state index is 8.84. The molecule has 0 saturated heterocycles. The zero-order chi connectivity index (χ0) is 14.5. The largest absolute Gasteiger partial charge is 0.496 e. The zero-order valence-electron chi connectivity index (χ0n) is 11.6. The standard InChI is InChI=1S/C14H15N5O/c1-10-6-11(4-5-12(10)20-3)18-13-7-14(17-9-16-13)19(2)8-15/h4-7,9H,1-3H3,(H,16,17,18). The maximum atomic E-state index is 8.84. The molecule has 0 aliphatic heterocycles. The molecular weight excluding hydrogens is 254 g/mol. The number of ether oxygens (including phenoxy) is 1. The summed E-state index contributed by atoms with van der Waals surface area (Å²) >= 11 is 0. The van der Waals surface area contributed by atoms with E-state index in [2.05, 4.69) is 15.3 Å². The molecule has 20 heavy (non-hydrogen) atoms. The van der Waals surface area contributed by atoms with Crippen molar-refractivity contribution in [3.8, 4) is 11.9 Å². The van der Waals surface area contributed by atoms with Crippen LogP contribution in [0.5, 0.6) is 5.75 Å². The van der Waals surface area contributed by atoms with Gasteiger partial charge >= 0.3 is 0 Å². The SMILES string of the molecule is COc1ccc(Nc2cc(N(C)C#N)ncn2)cc1C. The molecule has 6 nitrogen and oxygen atoms in total. The maximum Gasteiger partial charge on any atom is 0.185 e. The van der Waals surface area contributed by atoms with Gasteiger partial charge in [-0.3, -0.25) is 4.90 Å². The third kappa shape index (κ3) is 2.95. The van der Waals surface area contributed by atoms with Gasteiger partial charge in [0.05, 0.1) is 7.11 Å². The smallest absolute Gasteiger partial charge is 0.185 e. The Hall–Kier alpha value is -2.81. The molecule has 1 heterocycles. The average Bonchev–Trinajstić information content (AvgIpc) is 2.47. The number of aromatic nitrogens is 2. The second kappa shape index (κ2) is 5.89. The number of anilines is 3. The Labute approximate surface area is 117 Å². The molecule has 6 heteroatoms. The van der Waals surface area contributed by atoms with Crippen LogP contribution in [-0.2, 0) is 0 Å². The van der Waals surface area contributed by atoms with Crippen molar-refractivity contribution in [3.63, 3.8) is 0 Å². The number of benzene rings is 1. The molecule has 1 aromatic heterocycles. The fourth-order valence-corrected chi connectivity index (χ4v) is 1.75. The van der Waals surface area contributed by atoms with Gasteiger partial charge in [-0.15, -0.1) is 0 Å². The highest BCUT2D eigenvalue weighted by atomic mass is 16.5. The Bertz CT molecular complexity index is 650. The number of methoxy groups -OCH3 is 1. The van der Waals surface area contributed by atoms with Gasteiger partial charge in [-0.25, -0.2) is 9.97 Å². The molecule has 2 aromatic rings. The van der Waals surface area contributed by atoms with Crippen molar-refractivity contribution >= 4 is 17.3 Å². The Morgan fingerprint density at radius 2 is 2.10 bits per heavy atom. The average molecular weight is 269 g/mol. The number of nitrogens with zero attached hydrogens (tertiary/aromatic N) is 4. The van der Waals surface area contributed by atoms with Gasteiger partial charge in [-0.2, -0.15) is 5.26 Å². The Balaban J connectivity index is 2.22. The van der Waals surface area contributed by atoms with Crippen LogP contribution in [0.2, 0.25) is 0 Å². The number of aryl methyl sites for hydroxylation is 1. The molecule has 0 spiro atoms. The van der Waals surface area contributed by atoms with Gasteiger partial charge in [0.15, 0.2) is 6.19 Å². The third-order valence-electron chi connectivity index (χ3n) is 2.81. The van der Waals surface area contributed by atoms with E-state index in [4.69, 9.17) is 10.00 Å². The fourth-order valence-electron chi connectivity index (χ4n) is 1.75. The minimum absolute atomic E-state index is 0.537. The van der Waals surface area contributed by atoms with Crippen LogP contribution in [0.1, 0.15) is 5.56 Å². The fraction of sp³-hybridized carbons (Fsp3) is 0.214. The lowest BCUT2D eigenvalue weighted by molar-refractivity contribution is 0.412. The quantitative estimate of drug-likeness (QED) is 0.679. The first kappa shape index (κ1) is 13.6. The summed E-state index contributed by atoms with van der Waals surface area (Å²) in [5.74, 6) is 2.00. The van der Waals surface area contributed by atoms with Gasteiger partial charge in [-0.1, -0.05) is 0 Å². The highest BCUT2D eigenvalue weighted by Gasteiger charge is 2.05. The van der Waals surface area contributed by atoms with Gasteiger partial charge < -0.3 is 10.1 Å². The number of hydrogen-bond donors (Lipinski definition) is 1. The molecule has 0 radical (unpaired) electrons. The number of rotatable bonds is 4. The van der Waals surface area contributed by atoms with E-state index < -0.39 is 0 Å². The Morgan fingerprint density at radius 1 is 1.30 bits per heavy atom. The number of nitriles is 1. The zero-order valence-corrected chi connectivity index (χ0v) is 11.6. The predicted molar refractivity (Wildman–Crippen MR) is 77.1 cm³/mol. The van der Waals surface area contributed by atoms with E-state index in [1.165, 1.54) is 11.2 Å². The van der Waals surface area contributed by atoms with Crippen molar-refractivity contribution < 1.29 is 4.74 Å². The molecule has 1 N–H and O–H groups in total. The molecule has 0 unspecified atom stereocenters. The normalized spacial score (nSPS) is 9.70. The van der Waals surface area contributed by atoms with E-state index in [1.54, 1.807) is 20.2 Å². The molecule has 0 aliphatic rings. The second-order valence-electron chi connectivity index (χ2n) is 4.23. The summed E-state index contributed by atoms with van der Waals surface area (Å²) in [6.45, 7) is 1.97. The molecule has 0 fully saturated rings. The molecule has 1 aromatic carbocycles. The Kier molecular flexibility index (Phi) is 4.01. The minimum Gasteiger partial charge on any atom is -0.496 e. The van der Waals surface area contributed by atoms with Crippen LogP contribution in [-0.4, -0.2) is 24.1 Å². The van der Waals surface area contributed by atoms with E-state index >= 15 is 0 Å². The van der Waals surface area contributed by atoms with Crippen LogP contribution in [0, 0.1) is 18.4 Å². The first-order valence-electron chi connectivity index (χ1n) is 6.01. The summed E-state index contributed by atoms with van der Waals surface area (Å²) in [6.07, 6.45) is 3.41. The van der Waals surface area contributed by atoms with Crippen LogP contribution < -0.4 is 15.0 Å². The van der Waals surface area contributed by atoms with E-state index in [-0.39, 0.29) is 0 Å². The number of nitrogens with one attached hydrogen (secondary N) is 1. The van der Waals surface area contributed by atoms with Gasteiger partial charge in [0.25, 0.3) is 0 Å². The third-order valence-corrected chi connectivity index (χ3v) is 2.81. The molecule has 2 rings (SSSR count). The van der Waals surface area contributed by atoms with Crippen LogP contribution >= 0.6 is 0 Å². The minimum atomic E-state index is 0.537. The highest BCUT2D eigenvalue weighted by Crippen LogP contribution is 2.24. The van der Waals surface area contributed by atoms with Crippen LogP contribution in [0.25, 0.3) is 0 Å². The predicted octanol–water partition coefficient (Wildman–Crippen LogP) is 2.45. The summed E-state index contributed by atoms with van der Waals surface area (Å²) in [5, 5.41) is 12.0. The van der Waals surface area contributed by atoms with Crippen molar-refractivity contribution in [1.29, 1.82) is 5.26 Å². The van der Waals surface area contributed by atoms with Crippen molar-refractivity contribution in [3.05, 3.63) is 36.2 Å². The van der Waals surface area contributed by atoms with Gasteiger partial charge in [0.2, 0.25) is 0 Å².